The number of rotatable bonds is 3. The lowest BCUT2D eigenvalue weighted by molar-refractivity contribution is 0.100. The highest BCUT2D eigenvalue weighted by Crippen LogP contribution is 2.18. The molecule has 24 heavy (non-hydrogen) atoms. The van der Waals surface area contributed by atoms with Crippen LogP contribution < -0.4 is 22.3 Å². The predicted octanol–water partition coefficient (Wildman–Crippen LogP) is 0.959. The minimum atomic E-state index is -0.673. The third kappa shape index (κ3) is 2.43. The molecule has 0 aliphatic rings. The van der Waals surface area contributed by atoms with Crippen LogP contribution in [0.1, 0.15) is 10.4 Å². The van der Waals surface area contributed by atoms with E-state index in [0.717, 1.165) is 10.6 Å². The summed E-state index contributed by atoms with van der Waals surface area (Å²) in [5.41, 5.74) is 4.70. The standard InChI is InChI=1S/C16H13FN4O3/c1-19-13-7-12-10(6-11(13)17)15(23)21(16(24)20-12)9-4-2-8(3-5-9)14(18)22/h2-7,19H,1H3,(H2,18,22)(H,20,24). The summed E-state index contributed by atoms with van der Waals surface area (Å²) in [5.74, 6) is -1.23. The molecule has 0 saturated heterocycles. The first-order chi connectivity index (χ1) is 11.4. The molecule has 8 heteroatoms. The Balaban J connectivity index is 2.27. The molecule has 122 valence electrons. The number of anilines is 1. The second kappa shape index (κ2) is 5.65. The average Bonchev–Trinajstić information content (AvgIpc) is 2.55. The van der Waals surface area contributed by atoms with Crippen molar-refractivity contribution in [1.29, 1.82) is 0 Å². The summed E-state index contributed by atoms with van der Waals surface area (Å²) in [6, 6.07) is 8.06. The van der Waals surface area contributed by atoms with Crippen LogP contribution in [0.2, 0.25) is 0 Å². The van der Waals surface area contributed by atoms with Gasteiger partial charge in [0.2, 0.25) is 5.91 Å². The van der Waals surface area contributed by atoms with Crippen molar-refractivity contribution in [3.63, 3.8) is 0 Å². The van der Waals surface area contributed by atoms with Crippen LogP contribution in [-0.2, 0) is 0 Å². The Bertz CT molecular complexity index is 1070. The van der Waals surface area contributed by atoms with Crippen LogP contribution >= 0.6 is 0 Å². The SMILES string of the molecule is CNc1cc2[nH]c(=O)n(-c3ccc(C(N)=O)cc3)c(=O)c2cc1F. The molecular weight excluding hydrogens is 315 g/mol. The molecule has 0 radical (unpaired) electrons. The second-order valence-corrected chi connectivity index (χ2v) is 5.11. The van der Waals surface area contributed by atoms with E-state index in [4.69, 9.17) is 5.73 Å². The molecule has 0 atom stereocenters. The van der Waals surface area contributed by atoms with Gasteiger partial charge in [-0.25, -0.2) is 13.8 Å². The van der Waals surface area contributed by atoms with Crippen molar-refractivity contribution in [2.75, 3.05) is 12.4 Å². The molecule has 0 bridgehead atoms. The molecule has 0 fully saturated rings. The van der Waals surface area contributed by atoms with Crippen LogP contribution in [-0.4, -0.2) is 22.5 Å². The fourth-order valence-electron chi connectivity index (χ4n) is 2.44. The third-order valence-corrected chi connectivity index (χ3v) is 3.66. The number of aromatic nitrogens is 2. The van der Waals surface area contributed by atoms with Crippen LogP contribution in [0, 0.1) is 5.82 Å². The van der Waals surface area contributed by atoms with E-state index in [2.05, 4.69) is 10.3 Å². The average molecular weight is 328 g/mol. The number of fused-ring (bicyclic) bond motifs is 1. The van der Waals surface area contributed by atoms with E-state index < -0.39 is 23.0 Å². The fourth-order valence-corrected chi connectivity index (χ4v) is 2.44. The maximum Gasteiger partial charge on any atom is 0.333 e. The lowest BCUT2D eigenvalue weighted by Crippen LogP contribution is -2.33. The number of nitrogens with one attached hydrogen (secondary N) is 2. The van der Waals surface area contributed by atoms with Crippen LogP contribution in [0.15, 0.2) is 46.0 Å². The number of H-pyrrole nitrogens is 1. The second-order valence-electron chi connectivity index (χ2n) is 5.11. The highest BCUT2D eigenvalue weighted by atomic mass is 19.1. The number of nitrogens with zero attached hydrogens (tertiary/aromatic N) is 1. The minimum absolute atomic E-state index is 0.0325. The number of nitrogens with two attached hydrogens (primary N) is 1. The van der Waals surface area contributed by atoms with Crippen LogP contribution in [0.25, 0.3) is 16.6 Å². The fraction of sp³-hybridized carbons (Fsp3) is 0.0625. The van der Waals surface area contributed by atoms with E-state index in [1.165, 1.54) is 37.4 Å². The Labute approximate surface area is 134 Å². The number of aromatic amines is 1. The van der Waals surface area contributed by atoms with Gasteiger partial charge >= 0.3 is 5.69 Å². The zero-order chi connectivity index (χ0) is 17.4. The summed E-state index contributed by atoms with van der Waals surface area (Å²) in [7, 11) is 1.53. The molecule has 0 saturated carbocycles. The molecule has 1 aromatic heterocycles. The Hall–Kier alpha value is -3.42. The van der Waals surface area contributed by atoms with Crippen LogP contribution in [0.4, 0.5) is 10.1 Å². The smallest absolute Gasteiger partial charge is 0.333 e. The van der Waals surface area contributed by atoms with Gasteiger partial charge in [-0.2, -0.15) is 0 Å². The number of halogens is 1. The summed E-state index contributed by atoms with van der Waals surface area (Å²) in [6.45, 7) is 0. The first-order valence-electron chi connectivity index (χ1n) is 6.99. The molecule has 2 aromatic carbocycles. The van der Waals surface area contributed by atoms with Crippen molar-refractivity contribution < 1.29 is 9.18 Å². The Morgan fingerprint density at radius 1 is 1.21 bits per heavy atom. The highest BCUT2D eigenvalue weighted by molar-refractivity contribution is 5.92. The van der Waals surface area contributed by atoms with Gasteiger partial charge in [0.15, 0.2) is 0 Å². The molecule has 3 aromatic rings. The van der Waals surface area contributed by atoms with Gasteiger partial charge in [0.1, 0.15) is 5.82 Å². The van der Waals surface area contributed by atoms with Gasteiger partial charge in [0, 0.05) is 12.6 Å². The number of hydrogen-bond donors (Lipinski definition) is 3. The molecular formula is C16H13FN4O3. The van der Waals surface area contributed by atoms with E-state index in [9.17, 15) is 18.8 Å². The Morgan fingerprint density at radius 2 is 1.88 bits per heavy atom. The summed E-state index contributed by atoms with van der Waals surface area (Å²) in [5, 5.41) is 2.67. The first-order valence-corrected chi connectivity index (χ1v) is 6.99. The third-order valence-electron chi connectivity index (χ3n) is 3.66. The van der Waals surface area contributed by atoms with Crippen molar-refractivity contribution in [1.82, 2.24) is 9.55 Å². The summed E-state index contributed by atoms with van der Waals surface area (Å²) >= 11 is 0. The van der Waals surface area contributed by atoms with Gasteiger partial charge in [-0.1, -0.05) is 0 Å². The molecule has 0 aliphatic heterocycles. The van der Waals surface area contributed by atoms with E-state index >= 15 is 0 Å². The van der Waals surface area contributed by atoms with Crippen LogP contribution in [0.5, 0.6) is 0 Å². The molecule has 7 nitrogen and oxygen atoms in total. The molecule has 4 N–H and O–H groups in total. The van der Waals surface area contributed by atoms with Crippen molar-refractivity contribution in [3.05, 3.63) is 68.6 Å². The van der Waals surface area contributed by atoms with Crippen molar-refractivity contribution in [3.8, 4) is 5.69 Å². The normalized spacial score (nSPS) is 10.8. The topological polar surface area (TPSA) is 110 Å². The monoisotopic (exact) mass is 328 g/mol. The first kappa shape index (κ1) is 15.5. The summed E-state index contributed by atoms with van der Waals surface area (Å²) < 4.78 is 14.8. The highest BCUT2D eigenvalue weighted by Gasteiger charge is 2.13. The summed E-state index contributed by atoms with van der Waals surface area (Å²) in [4.78, 5) is 38.5. The van der Waals surface area contributed by atoms with Gasteiger partial charge in [-0.05, 0) is 36.4 Å². The van der Waals surface area contributed by atoms with E-state index in [-0.39, 0.29) is 27.8 Å². The number of primary amides is 1. The maximum atomic E-state index is 13.9. The molecule has 0 unspecified atom stereocenters. The zero-order valence-corrected chi connectivity index (χ0v) is 12.6. The van der Waals surface area contributed by atoms with Crippen molar-refractivity contribution in [2.45, 2.75) is 0 Å². The van der Waals surface area contributed by atoms with Crippen molar-refractivity contribution in [2.24, 2.45) is 5.73 Å². The molecule has 0 aliphatic carbocycles. The van der Waals surface area contributed by atoms with Gasteiger partial charge in [0.25, 0.3) is 5.56 Å². The largest absolute Gasteiger partial charge is 0.386 e. The molecule has 1 amide bonds. The van der Waals surface area contributed by atoms with Gasteiger partial charge in [-0.3, -0.25) is 9.59 Å². The maximum absolute atomic E-state index is 13.9. The van der Waals surface area contributed by atoms with Crippen LogP contribution in [0.3, 0.4) is 0 Å². The molecule has 1 heterocycles. The number of carbonyl (C=O) groups is 1. The van der Waals surface area contributed by atoms with Gasteiger partial charge in [-0.15, -0.1) is 0 Å². The lowest BCUT2D eigenvalue weighted by Gasteiger charge is -2.09. The number of amides is 1. The quantitative estimate of drug-likeness (QED) is 0.665. The van der Waals surface area contributed by atoms with Crippen molar-refractivity contribution >= 4 is 22.5 Å². The Kier molecular flexibility index (Phi) is 3.64. The van der Waals surface area contributed by atoms with E-state index in [1.54, 1.807) is 0 Å². The summed E-state index contributed by atoms with van der Waals surface area (Å²) in [6.07, 6.45) is 0. The minimum Gasteiger partial charge on any atom is -0.386 e. The molecule has 3 rings (SSSR count). The number of carbonyl (C=O) groups excluding carboxylic acids is 1. The molecule has 0 spiro atoms. The van der Waals surface area contributed by atoms with E-state index in [0.29, 0.717) is 0 Å². The van der Waals surface area contributed by atoms with E-state index in [1.807, 2.05) is 0 Å². The lowest BCUT2D eigenvalue weighted by atomic mass is 10.2. The number of benzene rings is 2. The Morgan fingerprint density at radius 3 is 2.46 bits per heavy atom. The predicted molar refractivity (Wildman–Crippen MR) is 88.2 cm³/mol. The zero-order valence-electron chi connectivity index (χ0n) is 12.6. The van der Waals surface area contributed by atoms with Gasteiger partial charge < -0.3 is 16.0 Å². The van der Waals surface area contributed by atoms with Gasteiger partial charge in [0.05, 0.1) is 22.3 Å². The number of hydrogen-bond acceptors (Lipinski definition) is 4.